The van der Waals surface area contributed by atoms with E-state index in [4.69, 9.17) is 0 Å². The van der Waals surface area contributed by atoms with E-state index in [1.165, 1.54) is 12.1 Å². The van der Waals surface area contributed by atoms with Crippen LogP contribution in [0.4, 0.5) is 5.95 Å². The van der Waals surface area contributed by atoms with E-state index in [0.29, 0.717) is 5.95 Å². The number of aromatic amines is 1. The minimum Gasteiger partial charge on any atom is -0.324 e. The molecule has 7 nitrogen and oxygen atoms in total. The van der Waals surface area contributed by atoms with Crippen molar-refractivity contribution in [2.24, 2.45) is 0 Å². The molecule has 9 heteroatoms. The first kappa shape index (κ1) is 17.6. The highest BCUT2D eigenvalue weighted by Crippen LogP contribution is 2.15. The zero-order valence-electron chi connectivity index (χ0n) is 13.0. The Bertz CT molecular complexity index is 967. The Kier molecular flexibility index (Phi) is 5.16. The van der Waals surface area contributed by atoms with E-state index in [2.05, 4.69) is 35.9 Å². The topological polar surface area (TPSA) is 104 Å². The van der Waals surface area contributed by atoms with Gasteiger partial charge in [-0.25, -0.2) is 18.1 Å². The molecule has 0 saturated heterocycles. The number of carbonyl (C=O) groups excluding carboxylic acids is 1. The molecule has 0 saturated carbocycles. The van der Waals surface area contributed by atoms with Crippen LogP contribution in [0, 0.1) is 0 Å². The van der Waals surface area contributed by atoms with E-state index in [1.807, 2.05) is 24.3 Å². The van der Waals surface area contributed by atoms with Crippen molar-refractivity contribution in [3.63, 3.8) is 0 Å². The number of aromatic nitrogens is 2. The van der Waals surface area contributed by atoms with Crippen LogP contribution in [0.15, 0.2) is 57.9 Å². The van der Waals surface area contributed by atoms with Crippen molar-refractivity contribution in [1.29, 1.82) is 0 Å². The molecule has 3 N–H and O–H groups in total. The van der Waals surface area contributed by atoms with Crippen LogP contribution >= 0.6 is 15.9 Å². The van der Waals surface area contributed by atoms with Crippen LogP contribution in [0.1, 0.15) is 6.42 Å². The Morgan fingerprint density at radius 3 is 2.56 bits per heavy atom. The number of fused-ring (bicyclic) bond motifs is 1. The van der Waals surface area contributed by atoms with Crippen LogP contribution in [-0.2, 0) is 14.8 Å². The van der Waals surface area contributed by atoms with Gasteiger partial charge in [0.15, 0.2) is 0 Å². The fourth-order valence-corrected chi connectivity index (χ4v) is 3.50. The standard InChI is InChI=1S/C16H15BrN4O3S/c17-11-5-7-12(8-6-11)25(23,24)18-10-9-15(22)21-16-19-13-3-1-2-4-14(13)20-16/h1-8,18H,9-10H2,(H2,19,20,21,22). The zero-order valence-corrected chi connectivity index (χ0v) is 15.4. The number of nitrogens with zero attached hydrogens (tertiary/aromatic N) is 1. The van der Waals surface area contributed by atoms with E-state index in [9.17, 15) is 13.2 Å². The number of H-pyrrole nitrogens is 1. The number of rotatable bonds is 6. The van der Waals surface area contributed by atoms with Gasteiger partial charge in [0.25, 0.3) is 0 Å². The molecule has 0 aliphatic heterocycles. The number of hydrogen-bond acceptors (Lipinski definition) is 4. The molecule has 3 aromatic rings. The van der Waals surface area contributed by atoms with Gasteiger partial charge in [-0.15, -0.1) is 0 Å². The molecule has 1 heterocycles. The SMILES string of the molecule is O=C(CCNS(=O)(=O)c1ccc(Br)cc1)Nc1nc2ccccc2[nH]1. The molecule has 0 radical (unpaired) electrons. The average Bonchev–Trinajstić information content (AvgIpc) is 2.97. The second kappa shape index (κ2) is 7.34. The van der Waals surface area contributed by atoms with Gasteiger partial charge in [-0.1, -0.05) is 28.1 Å². The van der Waals surface area contributed by atoms with Crippen LogP contribution in [-0.4, -0.2) is 30.8 Å². The first-order valence-electron chi connectivity index (χ1n) is 7.44. The van der Waals surface area contributed by atoms with Gasteiger partial charge in [-0.2, -0.15) is 0 Å². The smallest absolute Gasteiger partial charge is 0.240 e. The van der Waals surface area contributed by atoms with Crippen molar-refractivity contribution in [2.75, 3.05) is 11.9 Å². The summed E-state index contributed by atoms with van der Waals surface area (Å²) < 4.78 is 27.4. The third kappa shape index (κ3) is 4.44. The first-order valence-corrected chi connectivity index (χ1v) is 9.71. The third-order valence-electron chi connectivity index (χ3n) is 3.42. The number of para-hydroxylation sites is 2. The summed E-state index contributed by atoms with van der Waals surface area (Å²) in [5.41, 5.74) is 1.56. The third-order valence-corrected chi connectivity index (χ3v) is 5.42. The van der Waals surface area contributed by atoms with Crippen LogP contribution in [0.5, 0.6) is 0 Å². The van der Waals surface area contributed by atoms with Gasteiger partial charge in [-0.3, -0.25) is 10.1 Å². The quantitative estimate of drug-likeness (QED) is 0.567. The van der Waals surface area contributed by atoms with Gasteiger partial charge in [-0.05, 0) is 36.4 Å². The van der Waals surface area contributed by atoms with E-state index < -0.39 is 10.0 Å². The van der Waals surface area contributed by atoms with Crippen molar-refractivity contribution in [3.05, 3.63) is 53.0 Å². The Morgan fingerprint density at radius 1 is 1.12 bits per heavy atom. The Labute approximate surface area is 153 Å². The molecule has 130 valence electrons. The maximum absolute atomic E-state index is 12.1. The molecule has 0 fully saturated rings. The normalized spacial score (nSPS) is 11.6. The lowest BCUT2D eigenvalue weighted by Gasteiger charge is -2.06. The monoisotopic (exact) mass is 422 g/mol. The fraction of sp³-hybridized carbons (Fsp3) is 0.125. The number of benzene rings is 2. The Hall–Kier alpha value is -2.23. The predicted molar refractivity (Wildman–Crippen MR) is 98.7 cm³/mol. The molecular formula is C16H15BrN4O3S. The summed E-state index contributed by atoms with van der Waals surface area (Å²) in [6, 6.07) is 13.7. The highest BCUT2D eigenvalue weighted by molar-refractivity contribution is 9.10. The van der Waals surface area contributed by atoms with Crippen molar-refractivity contribution >= 4 is 48.8 Å². The van der Waals surface area contributed by atoms with Crippen LogP contribution in [0.25, 0.3) is 11.0 Å². The van der Waals surface area contributed by atoms with Gasteiger partial charge >= 0.3 is 0 Å². The van der Waals surface area contributed by atoms with Crippen LogP contribution in [0.3, 0.4) is 0 Å². The molecule has 0 spiro atoms. The molecule has 0 atom stereocenters. The van der Waals surface area contributed by atoms with E-state index in [0.717, 1.165) is 15.5 Å². The van der Waals surface area contributed by atoms with E-state index in [-0.39, 0.29) is 23.8 Å². The highest BCUT2D eigenvalue weighted by Gasteiger charge is 2.14. The van der Waals surface area contributed by atoms with Gasteiger partial charge < -0.3 is 4.98 Å². The van der Waals surface area contributed by atoms with Crippen molar-refractivity contribution in [2.45, 2.75) is 11.3 Å². The largest absolute Gasteiger partial charge is 0.324 e. The summed E-state index contributed by atoms with van der Waals surface area (Å²) >= 11 is 3.25. The molecule has 0 unspecified atom stereocenters. The van der Waals surface area contributed by atoms with Gasteiger partial charge in [0, 0.05) is 17.4 Å². The van der Waals surface area contributed by atoms with Gasteiger partial charge in [0.1, 0.15) is 0 Å². The number of carbonyl (C=O) groups is 1. The van der Waals surface area contributed by atoms with Gasteiger partial charge in [0.05, 0.1) is 15.9 Å². The second-order valence-corrected chi connectivity index (χ2v) is 7.94. The molecular weight excluding hydrogens is 408 g/mol. The summed E-state index contributed by atoms with van der Waals surface area (Å²) in [5.74, 6) is -0.000436. The molecule has 1 amide bonds. The molecule has 3 rings (SSSR count). The van der Waals surface area contributed by atoms with Crippen molar-refractivity contribution < 1.29 is 13.2 Å². The van der Waals surface area contributed by atoms with Crippen LogP contribution < -0.4 is 10.0 Å². The maximum Gasteiger partial charge on any atom is 0.240 e. The lowest BCUT2D eigenvalue weighted by atomic mass is 10.3. The number of hydrogen-bond donors (Lipinski definition) is 3. The summed E-state index contributed by atoms with van der Waals surface area (Å²) in [7, 11) is -3.64. The van der Waals surface area contributed by atoms with E-state index >= 15 is 0 Å². The summed E-state index contributed by atoms with van der Waals surface area (Å²) in [5, 5.41) is 2.62. The molecule has 0 aliphatic carbocycles. The van der Waals surface area contributed by atoms with Crippen molar-refractivity contribution in [3.8, 4) is 0 Å². The van der Waals surface area contributed by atoms with Gasteiger partial charge in [0.2, 0.25) is 21.9 Å². The Morgan fingerprint density at radius 2 is 1.84 bits per heavy atom. The number of halogens is 1. The fourth-order valence-electron chi connectivity index (χ4n) is 2.20. The molecule has 25 heavy (non-hydrogen) atoms. The maximum atomic E-state index is 12.1. The summed E-state index contributed by atoms with van der Waals surface area (Å²) in [6.45, 7) is -0.00947. The zero-order chi connectivity index (χ0) is 17.9. The second-order valence-electron chi connectivity index (χ2n) is 5.25. The highest BCUT2D eigenvalue weighted by atomic mass is 79.9. The lowest BCUT2D eigenvalue weighted by molar-refractivity contribution is -0.116. The number of sulfonamides is 1. The summed E-state index contributed by atoms with van der Waals surface area (Å²) in [4.78, 5) is 19.3. The molecule has 0 aliphatic rings. The molecule has 2 aromatic carbocycles. The average molecular weight is 423 g/mol. The predicted octanol–water partition coefficient (Wildman–Crippen LogP) is 2.63. The summed E-state index contributed by atoms with van der Waals surface area (Å²) in [6.07, 6.45) is -0.00714. The minimum atomic E-state index is -3.64. The van der Waals surface area contributed by atoms with Crippen LogP contribution in [0.2, 0.25) is 0 Å². The Balaban J connectivity index is 1.54. The first-order chi connectivity index (χ1) is 11.9. The number of imidazole rings is 1. The molecule has 1 aromatic heterocycles. The number of anilines is 1. The van der Waals surface area contributed by atoms with E-state index in [1.54, 1.807) is 12.1 Å². The minimum absolute atomic E-state index is 0.00714. The number of nitrogens with one attached hydrogen (secondary N) is 3. The number of amides is 1. The molecule has 0 bridgehead atoms. The lowest BCUT2D eigenvalue weighted by Crippen LogP contribution is -2.28. The van der Waals surface area contributed by atoms with Crippen molar-refractivity contribution in [1.82, 2.24) is 14.7 Å².